The lowest BCUT2D eigenvalue weighted by atomic mass is 10.2. The zero-order valence-electron chi connectivity index (χ0n) is 10.6. The quantitative estimate of drug-likeness (QED) is 0.808. The van der Waals surface area contributed by atoms with Crippen molar-refractivity contribution in [3.63, 3.8) is 0 Å². The molecule has 0 aliphatic carbocycles. The van der Waals surface area contributed by atoms with Crippen LogP contribution in [0.4, 0.5) is 0 Å². The second-order valence-corrected chi connectivity index (χ2v) is 5.09. The molecule has 0 radical (unpaired) electrons. The molecule has 0 aliphatic heterocycles. The maximum Gasteiger partial charge on any atom is 0.139 e. The first-order valence-electron chi connectivity index (χ1n) is 5.85. The molecule has 5 heteroatoms. The third kappa shape index (κ3) is 4.94. The van der Waals surface area contributed by atoms with Gasteiger partial charge in [0, 0.05) is 5.56 Å². The van der Waals surface area contributed by atoms with Crippen LogP contribution in [-0.2, 0) is 11.3 Å². The number of ether oxygens (including phenoxy) is 2. The van der Waals surface area contributed by atoms with Gasteiger partial charge in [-0.1, -0.05) is 12.1 Å². The normalized spacial score (nSPS) is 12.8. The van der Waals surface area contributed by atoms with Crippen LogP contribution in [0.2, 0.25) is 0 Å². The van der Waals surface area contributed by atoms with Crippen molar-refractivity contribution in [3.8, 4) is 5.75 Å². The minimum absolute atomic E-state index is 0.0797. The fourth-order valence-electron chi connectivity index (χ4n) is 1.37. The van der Waals surface area contributed by atoms with Crippen LogP contribution in [0, 0.1) is 0 Å². The summed E-state index contributed by atoms with van der Waals surface area (Å²) in [5, 5.41) is 18.9. The Hall–Kier alpha value is -0.620. The van der Waals surface area contributed by atoms with E-state index < -0.39 is 6.10 Å². The summed E-state index contributed by atoms with van der Waals surface area (Å²) in [7, 11) is 0. The zero-order chi connectivity index (χ0) is 13.5. The van der Waals surface area contributed by atoms with Crippen molar-refractivity contribution in [2.45, 2.75) is 32.7 Å². The molecule has 0 spiro atoms. The van der Waals surface area contributed by atoms with E-state index in [0.717, 1.165) is 4.47 Å². The average molecular weight is 319 g/mol. The second kappa shape index (κ2) is 7.74. The molecular weight excluding hydrogens is 300 g/mol. The van der Waals surface area contributed by atoms with E-state index in [4.69, 9.17) is 9.47 Å². The van der Waals surface area contributed by atoms with Gasteiger partial charge in [0.1, 0.15) is 18.5 Å². The minimum Gasteiger partial charge on any atom is -0.489 e. The van der Waals surface area contributed by atoms with E-state index in [1.807, 2.05) is 26.0 Å². The summed E-state index contributed by atoms with van der Waals surface area (Å²) < 4.78 is 11.6. The highest BCUT2D eigenvalue weighted by molar-refractivity contribution is 9.10. The summed E-state index contributed by atoms with van der Waals surface area (Å²) in [6, 6.07) is 5.42. The maximum absolute atomic E-state index is 9.69. The second-order valence-electron chi connectivity index (χ2n) is 4.23. The number of aliphatic hydroxyl groups excluding tert-OH is 2. The lowest BCUT2D eigenvalue weighted by Gasteiger charge is -2.16. The van der Waals surface area contributed by atoms with Crippen molar-refractivity contribution in [3.05, 3.63) is 28.2 Å². The molecule has 1 aromatic rings. The van der Waals surface area contributed by atoms with Crippen LogP contribution in [0.5, 0.6) is 5.75 Å². The van der Waals surface area contributed by atoms with Crippen LogP contribution < -0.4 is 4.74 Å². The number of halogens is 1. The van der Waals surface area contributed by atoms with Crippen LogP contribution in [0.1, 0.15) is 19.4 Å². The van der Waals surface area contributed by atoms with E-state index in [1.165, 1.54) is 0 Å². The molecule has 0 bridgehead atoms. The molecule has 2 N–H and O–H groups in total. The summed E-state index contributed by atoms with van der Waals surface area (Å²) in [4.78, 5) is 0. The van der Waals surface area contributed by atoms with Gasteiger partial charge < -0.3 is 19.7 Å². The number of hydrogen-bond donors (Lipinski definition) is 2. The first-order valence-corrected chi connectivity index (χ1v) is 6.64. The van der Waals surface area contributed by atoms with Crippen molar-refractivity contribution in [2.24, 2.45) is 0 Å². The van der Waals surface area contributed by atoms with E-state index in [-0.39, 0.29) is 25.9 Å². The third-order valence-electron chi connectivity index (χ3n) is 2.26. The van der Waals surface area contributed by atoms with Gasteiger partial charge in [0.2, 0.25) is 0 Å². The topological polar surface area (TPSA) is 58.9 Å². The summed E-state index contributed by atoms with van der Waals surface area (Å²) in [5.41, 5.74) is 0.682. The predicted molar refractivity (Wildman–Crippen MR) is 72.7 cm³/mol. The summed E-state index contributed by atoms with van der Waals surface area (Å²) in [6.07, 6.45) is -0.609. The van der Waals surface area contributed by atoms with Crippen LogP contribution >= 0.6 is 15.9 Å². The molecule has 0 saturated heterocycles. The summed E-state index contributed by atoms with van der Waals surface area (Å²) >= 11 is 3.35. The highest BCUT2D eigenvalue weighted by atomic mass is 79.9. The highest BCUT2D eigenvalue weighted by Gasteiger charge is 2.11. The SMILES string of the molecule is CC(C)OCC(O)COc1c(Br)cccc1CO. The zero-order valence-corrected chi connectivity index (χ0v) is 12.2. The molecule has 1 unspecified atom stereocenters. The smallest absolute Gasteiger partial charge is 0.139 e. The molecule has 18 heavy (non-hydrogen) atoms. The van der Waals surface area contributed by atoms with Crippen molar-refractivity contribution >= 4 is 15.9 Å². The van der Waals surface area contributed by atoms with E-state index in [9.17, 15) is 10.2 Å². The molecule has 4 nitrogen and oxygen atoms in total. The molecule has 102 valence electrons. The van der Waals surface area contributed by atoms with E-state index in [0.29, 0.717) is 11.3 Å². The molecule has 0 fully saturated rings. The third-order valence-corrected chi connectivity index (χ3v) is 2.89. The van der Waals surface area contributed by atoms with Crippen molar-refractivity contribution < 1.29 is 19.7 Å². The van der Waals surface area contributed by atoms with Gasteiger partial charge in [0.15, 0.2) is 0 Å². The Balaban J connectivity index is 2.52. The van der Waals surface area contributed by atoms with Gasteiger partial charge in [-0.3, -0.25) is 0 Å². The van der Waals surface area contributed by atoms with E-state index in [2.05, 4.69) is 15.9 Å². The van der Waals surface area contributed by atoms with Gasteiger partial charge in [-0.15, -0.1) is 0 Å². The van der Waals surface area contributed by atoms with Gasteiger partial charge >= 0.3 is 0 Å². The first kappa shape index (κ1) is 15.4. The largest absolute Gasteiger partial charge is 0.489 e. The molecule has 0 amide bonds. The molecule has 0 heterocycles. The van der Waals surface area contributed by atoms with Crippen LogP contribution in [-0.4, -0.2) is 35.6 Å². The molecular formula is C13H19BrO4. The Kier molecular flexibility index (Phi) is 6.63. The monoisotopic (exact) mass is 318 g/mol. The average Bonchev–Trinajstić information content (AvgIpc) is 2.34. The lowest BCUT2D eigenvalue weighted by molar-refractivity contribution is -0.0126. The molecule has 0 saturated carbocycles. The Morgan fingerprint density at radius 1 is 1.28 bits per heavy atom. The Morgan fingerprint density at radius 3 is 2.61 bits per heavy atom. The molecule has 0 aliphatic rings. The minimum atomic E-state index is -0.689. The van der Waals surface area contributed by atoms with Crippen molar-refractivity contribution in [1.29, 1.82) is 0 Å². The van der Waals surface area contributed by atoms with Gasteiger partial charge in [-0.2, -0.15) is 0 Å². The Labute approximate surface area is 116 Å². The van der Waals surface area contributed by atoms with Crippen LogP contribution in [0.25, 0.3) is 0 Å². The molecule has 0 aromatic heterocycles. The molecule has 1 aromatic carbocycles. The fourth-order valence-corrected chi connectivity index (χ4v) is 1.89. The lowest BCUT2D eigenvalue weighted by Crippen LogP contribution is -2.25. The predicted octanol–water partition coefficient (Wildman–Crippen LogP) is 2.11. The van der Waals surface area contributed by atoms with Gasteiger partial charge in [-0.05, 0) is 35.8 Å². The number of aliphatic hydroxyl groups is 2. The number of benzene rings is 1. The van der Waals surface area contributed by atoms with Gasteiger partial charge in [0.25, 0.3) is 0 Å². The van der Waals surface area contributed by atoms with Crippen molar-refractivity contribution in [2.75, 3.05) is 13.2 Å². The Bertz CT molecular complexity index is 368. The molecule has 1 atom stereocenters. The first-order chi connectivity index (χ1) is 8.54. The van der Waals surface area contributed by atoms with E-state index in [1.54, 1.807) is 6.07 Å². The number of rotatable bonds is 7. The highest BCUT2D eigenvalue weighted by Crippen LogP contribution is 2.29. The number of hydrogen-bond acceptors (Lipinski definition) is 4. The fraction of sp³-hybridized carbons (Fsp3) is 0.538. The number of para-hydroxylation sites is 1. The van der Waals surface area contributed by atoms with Gasteiger partial charge in [-0.25, -0.2) is 0 Å². The van der Waals surface area contributed by atoms with Crippen LogP contribution in [0.15, 0.2) is 22.7 Å². The van der Waals surface area contributed by atoms with E-state index >= 15 is 0 Å². The standard InChI is InChI=1S/C13H19BrO4/c1-9(2)17-7-11(16)8-18-13-10(6-15)4-3-5-12(13)14/h3-5,9,11,15-16H,6-8H2,1-2H3. The summed E-state index contributed by atoms with van der Waals surface area (Å²) in [6.45, 7) is 4.07. The maximum atomic E-state index is 9.69. The molecule has 1 rings (SSSR count). The van der Waals surface area contributed by atoms with Crippen molar-refractivity contribution in [1.82, 2.24) is 0 Å². The van der Waals surface area contributed by atoms with Crippen LogP contribution in [0.3, 0.4) is 0 Å². The Morgan fingerprint density at radius 2 is 2.00 bits per heavy atom. The summed E-state index contributed by atoms with van der Waals surface area (Å²) in [5.74, 6) is 0.559. The van der Waals surface area contributed by atoms with Gasteiger partial charge in [0.05, 0.1) is 23.8 Å².